The second kappa shape index (κ2) is 8.95. The molecule has 0 radical (unpaired) electrons. The highest BCUT2D eigenvalue weighted by Crippen LogP contribution is 2.30. The maximum absolute atomic E-state index is 12.6. The second-order valence-electron chi connectivity index (χ2n) is 5.90. The molecule has 3 aromatic rings. The number of alkyl halides is 3. The first kappa shape index (κ1) is 20.7. The molecule has 0 saturated heterocycles. The van der Waals surface area contributed by atoms with Crippen molar-refractivity contribution in [2.24, 2.45) is 0 Å². The van der Waals surface area contributed by atoms with Crippen LogP contribution in [0, 0.1) is 0 Å². The Morgan fingerprint density at radius 1 is 1.00 bits per heavy atom. The van der Waals surface area contributed by atoms with E-state index in [2.05, 4.69) is 15.5 Å². The van der Waals surface area contributed by atoms with Crippen molar-refractivity contribution in [3.8, 4) is 17.0 Å². The van der Waals surface area contributed by atoms with Gasteiger partial charge < -0.3 is 10.1 Å². The molecule has 0 aliphatic heterocycles. The third-order valence-corrected chi connectivity index (χ3v) is 4.79. The third-order valence-electron chi connectivity index (χ3n) is 3.87. The quantitative estimate of drug-likeness (QED) is 0.576. The lowest BCUT2D eigenvalue weighted by atomic mass is 10.1. The normalized spacial score (nSPS) is 11.2. The van der Waals surface area contributed by atoms with Gasteiger partial charge in [0.25, 0.3) is 0 Å². The van der Waals surface area contributed by atoms with Crippen molar-refractivity contribution >= 4 is 23.4 Å². The number of rotatable bonds is 6. The smallest absolute Gasteiger partial charge is 0.416 e. The fourth-order valence-electron chi connectivity index (χ4n) is 2.39. The van der Waals surface area contributed by atoms with Crippen LogP contribution in [0.15, 0.2) is 65.7 Å². The number of nitrogens with zero attached hydrogens (tertiary/aromatic N) is 2. The summed E-state index contributed by atoms with van der Waals surface area (Å²) >= 11 is 1.18. The molecule has 150 valence electrons. The van der Waals surface area contributed by atoms with E-state index in [-0.39, 0.29) is 11.7 Å². The first-order valence-corrected chi connectivity index (χ1v) is 9.42. The predicted octanol–water partition coefficient (Wildman–Crippen LogP) is 4.90. The zero-order chi connectivity index (χ0) is 20.9. The lowest BCUT2D eigenvalue weighted by Crippen LogP contribution is -2.14. The van der Waals surface area contributed by atoms with Crippen molar-refractivity contribution in [1.29, 1.82) is 0 Å². The Kier molecular flexibility index (Phi) is 6.38. The van der Waals surface area contributed by atoms with Crippen LogP contribution in [0.1, 0.15) is 5.56 Å². The minimum absolute atomic E-state index is 0.0532. The maximum atomic E-state index is 12.6. The van der Waals surface area contributed by atoms with Gasteiger partial charge in [-0.1, -0.05) is 11.8 Å². The number of carbonyl (C=O) groups excluding carboxylic acids is 1. The molecule has 29 heavy (non-hydrogen) atoms. The molecule has 0 unspecified atom stereocenters. The van der Waals surface area contributed by atoms with E-state index in [4.69, 9.17) is 4.74 Å². The first-order valence-electron chi connectivity index (χ1n) is 8.43. The average molecular weight is 419 g/mol. The van der Waals surface area contributed by atoms with Crippen molar-refractivity contribution < 1.29 is 22.7 Å². The molecule has 0 fully saturated rings. The second-order valence-corrected chi connectivity index (χ2v) is 6.89. The van der Waals surface area contributed by atoms with Gasteiger partial charge >= 0.3 is 6.18 Å². The molecule has 5 nitrogen and oxygen atoms in total. The van der Waals surface area contributed by atoms with Crippen LogP contribution in [0.25, 0.3) is 11.3 Å². The molecule has 0 aliphatic rings. The number of nitrogens with one attached hydrogen (secondary N) is 1. The van der Waals surface area contributed by atoms with E-state index in [1.54, 1.807) is 19.2 Å². The van der Waals surface area contributed by atoms with Crippen LogP contribution >= 0.6 is 11.8 Å². The molecule has 0 saturated carbocycles. The van der Waals surface area contributed by atoms with Gasteiger partial charge in [-0.25, -0.2) is 0 Å². The summed E-state index contributed by atoms with van der Waals surface area (Å²) in [7, 11) is 1.59. The van der Waals surface area contributed by atoms with Gasteiger partial charge in [0.1, 0.15) is 10.8 Å². The first-order chi connectivity index (χ1) is 13.8. The molecule has 9 heteroatoms. The Labute approximate surface area is 169 Å². The van der Waals surface area contributed by atoms with E-state index >= 15 is 0 Å². The van der Waals surface area contributed by atoms with Crippen LogP contribution < -0.4 is 10.1 Å². The Hall–Kier alpha value is -3.07. The highest BCUT2D eigenvalue weighted by Gasteiger charge is 2.29. The number of thioether (sulfide) groups is 1. The number of benzene rings is 2. The van der Waals surface area contributed by atoms with Crippen LogP contribution in [0.4, 0.5) is 18.9 Å². The summed E-state index contributed by atoms with van der Waals surface area (Å²) in [5.74, 6) is 0.446. The van der Waals surface area contributed by atoms with Crippen molar-refractivity contribution in [1.82, 2.24) is 10.2 Å². The van der Waals surface area contributed by atoms with E-state index in [1.165, 1.54) is 23.9 Å². The molecule has 3 rings (SSSR count). The van der Waals surface area contributed by atoms with Crippen LogP contribution in [-0.4, -0.2) is 29.0 Å². The summed E-state index contributed by atoms with van der Waals surface area (Å²) in [6, 6.07) is 15.2. The number of aromatic nitrogens is 2. The number of halogens is 3. The number of hydrogen-bond donors (Lipinski definition) is 1. The highest BCUT2D eigenvalue weighted by atomic mass is 32.2. The Morgan fingerprint density at radius 3 is 2.24 bits per heavy atom. The molecule has 0 atom stereocenters. The number of ether oxygens (including phenoxy) is 1. The number of methoxy groups -OCH3 is 1. The SMILES string of the molecule is COc1ccc(-c2ccc(SCC(=O)Nc3ccc(C(F)(F)F)cc3)nn2)cc1. The van der Waals surface area contributed by atoms with Crippen LogP contribution in [-0.2, 0) is 11.0 Å². The summed E-state index contributed by atoms with van der Waals surface area (Å²) in [6.45, 7) is 0. The minimum Gasteiger partial charge on any atom is -0.497 e. The molecule has 1 amide bonds. The standard InChI is InChI=1S/C20H16F3N3O2S/c1-28-16-8-2-13(3-9-16)17-10-11-19(26-25-17)29-12-18(27)24-15-6-4-14(5-7-15)20(21,22)23/h2-11H,12H2,1H3,(H,24,27). The molecular formula is C20H16F3N3O2S. The Morgan fingerprint density at radius 2 is 1.69 bits per heavy atom. The molecule has 0 bridgehead atoms. The largest absolute Gasteiger partial charge is 0.497 e. The number of carbonyl (C=O) groups is 1. The molecule has 1 aromatic heterocycles. The third kappa shape index (κ3) is 5.71. The van der Waals surface area contributed by atoms with E-state index in [0.717, 1.165) is 23.4 Å². The van der Waals surface area contributed by atoms with Crippen LogP contribution in [0.3, 0.4) is 0 Å². The van der Waals surface area contributed by atoms with Gasteiger partial charge in [-0.2, -0.15) is 13.2 Å². The summed E-state index contributed by atoms with van der Waals surface area (Å²) in [4.78, 5) is 12.0. The molecular weight excluding hydrogens is 403 g/mol. The van der Waals surface area contributed by atoms with Gasteiger partial charge in [-0.15, -0.1) is 10.2 Å². The van der Waals surface area contributed by atoms with Gasteiger partial charge in [0, 0.05) is 11.3 Å². The van der Waals surface area contributed by atoms with Gasteiger partial charge in [-0.3, -0.25) is 4.79 Å². The molecule has 2 aromatic carbocycles. The van der Waals surface area contributed by atoms with E-state index in [1.807, 2.05) is 24.3 Å². The highest BCUT2D eigenvalue weighted by molar-refractivity contribution is 7.99. The van der Waals surface area contributed by atoms with Gasteiger partial charge in [0.15, 0.2) is 0 Å². The van der Waals surface area contributed by atoms with Crippen molar-refractivity contribution in [2.45, 2.75) is 11.2 Å². The van der Waals surface area contributed by atoms with Gasteiger partial charge in [0.05, 0.1) is 24.1 Å². The lowest BCUT2D eigenvalue weighted by molar-refractivity contribution is -0.137. The predicted molar refractivity (Wildman–Crippen MR) is 105 cm³/mol. The number of amides is 1. The Bertz CT molecular complexity index is 960. The molecule has 1 heterocycles. The summed E-state index contributed by atoms with van der Waals surface area (Å²) < 4.78 is 42.8. The van der Waals surface area contributed by atoms with Crippen molar-refractivity contribution in [3.63, 3.8) is 0 Å². The molecule has 0 spiro atoms. The number of hydrogen-bond acceptors (Lipinski definition) is 5. The van der Waals surface area contributed by atoms with Crippen molar-refractivity contribution in [2.75, 3.05) is 18.2 Å². The van der Waals surface area contributed by atoms with Crippen LogP contribution in [0.5, 0.6) is 5.75 Å². The van der Waals surface area contributed by atoms with Gasteiger partial charge in [0.2, 0.25) is 5.91 Å². The fourth-order valence-corrected chi connectivity index (χ4v) is 3.01. The van der Waals surface area contributed by atoms with E-state index in [0.29, 0.717) is 16.4 Å². The summed E-state index contributed by atoms with van der Waals surface area (Å²) in [6.07, 6.45) is -4.41. The summed E-state index contributed by atoms with van der Waals surface area (Å²) in [5, 5.41) is 11.4. The molecule has 0 aliphatic carbocycles. The van der Waals surface area contributed by atoms with Crippen LogP contribution in [0.2, 0.25) is 0 Å². The molecule has 1 N–H and O–H groups in total. The monoisotopic (exact) mass is 419 g/mol. The fraction of sp³-hybridized carbons (Fsp3) is 0.150. The zero-order valence-electron chi connectivity index (χ0n) is 15.2. The lowest BCUT2D eigenvalue weighted by Gasteiger charge is -2.08. The topological polar surface area (TPSA) is 64.1 Å². The van der Waals surface area contributed by atoms with E-state index in [9.17, 15) is 18.0 Å². The van der Waals surface area contributed by atoms with Crippen molar-refractivity contribution in [3.05, 3.63) is 66.2 Å². The average Bonchev–Trinajstić information content (AvgIpc) is 2.72. The summed E-state index contributed by atoms with van der Waals surface area (Å²) in [5.41, 5.74) is 1.10. The number of anilines is 1. The maximum Gasteiger partial charge on any atom is 0.416 e. The zero-order valence-corrected chi connectivity index (χ0v) is 16.1. The van der Waals surface area contributed by atoms with E-state index < -0.39 is 11.7 Å². The minimum atomic E-state index is -4.41. The Balaban J connectivity index is 1.53. The van der Waals surface area contributed by atoms with Gasteiger partial charge in [-0.05, 0) is 60.7 Å².